The fourth-order valence-corrected chi connectivity index (χ4v) is 4.29. The molecule has 1 saturated carbocycles. The number of Topliss-reactive ketones (excluding diaryl/α,β-unsaturated/α-hetero) is 1. The molecular weight excluding hydrogens is 427 g/mol. The van der Waals surface area contributed by atoms with Crippen LogP contribution in [-0.4, -0.2) is 50.2 Å². The van der Waals surface area contributed by atoms with Gasteiger partial charge in [-0.3, -0.25) is 14.6 Å². The first-order valence-electron chi connectivity index (χ1n) is 11.5. The molecule has 2 radical (unpaired) electrons. The number of methoxy groups -OCH3 is 1. The molecule has 0 amide bonds. The van der Waals surface area contributed by atoms with E-state index in [0.29, 0.717) is 31.3 Å². The fourth-order valence-electron chi connectivity index (χ4n) is 4.29. The Bertz CT molecular complexity index is 1150. The highest BCUT2D eigenvalue weighted by Gasteiger charge is 2.33. The highest BCUT2D eigenvalue weighted by atomic mass is 16.5. The summed E-state index contributed by atoms with van der Waals surface area (Å²) in [7, 11) is 7.84. The molecule has 178 valence electrons. The largest absolute Gasteiger partial charge is 0.465 e. The van der Waals surface area contributed by atoms with Crippen molar-refractivity contribution in [1.82, 2.24) is 4.57 Å². The van der Waals surface area contributed by atoms with E-state index in [0.717, 1.165) is 27.9 Å². The minimum atomic E-state index is -0.329. The number of rotatable bonds is 10. The van der Waals surface area contributed by atoms with Crippen LogP contribution in [0.3, 0.4) is 0 Å². The molecule has 0 saturated heterocycles. The maximum Gasteiger partial charge on any atom is 0.302 e. The predicted molar refractivity (Wildman–Crippen MR) is 138 cm³/mol. The van der Waals surface area contributed by atoms with Crippen LogP contribution in [0.5, 0.6) is 0 Å². The van der Waals surface area contributed by atoms with Crippen molar-refractivity contribution in [3.63, 3.8) is 0 Å². The van der Waals surface area contributed by atoms with E-state index in [1.54, 1.807) is 19.4 Å². The zero-order valence-corrected chi connectivity index (χ0v) is 20.8. The van der Waals surface area contributed by atoms with Crippen LogP contribution in [-0.2, 0) is 25.5 Å². The Morgan fingerprint density at radius 2 is 2.09 bits per heavy atom. The van der Waals surface area contributed by atoms with E-state index in [-0.39, 0.29) is 29.3 Å². The van der Waals surface area contributed by atoms with Gasteiger partial charge in [-0.1, -0.05) is 44.1 Å². The van der Waals surface area contributed by atoms with Crippen molar-refractivity contribution in [1.29, 1.82) is 0 Å². The average molecular weight is 460 g/mol. The van der Waals surface area contributed by atoms with Crippen molar-refractivity contribution in [3.8, 4) is 0 Å². The van der Waals surface area contributed by atoms with Gasteiger partial charge < -0.3 is 14.0 Å². The van der Waals surface area contributed by atoms with Crippen LogP contribution < -0.4 is 5.46 Å². The summed E-state index contributed by atoms with van der Waals surface area (Å²) in [6.45, 7) is 11.5. The summed E-state index contributed by atoms with van der Waals surface area (Å²) < 4.78 is 13.2. The lowest BCUT2D eigenvalue weighted by Crippen LogP contribution is -2.28. The normalized spacial score (nSPS) is 16.1. The lowest BCUT2D eigenvalue weighted by atomic mass is 9.84. The van der Waals surface area contributed by atoms with Crippen molar-refractivity contribution in [2.75, 3.05) is 13.7 Å². The molecule has 1 aliphatic carbocycles. The van der Waals surface area contributed by atoms with Crippen molar-refractivity contribution in [2.24, 2.45) is 10.4 Å². The van der Waals surface area contributed by atoms with Crippen LogP contribution in [0, 0.1) is 5.41 Å². The molecule has 1 unspecified atom stereocenters. The Kier molecular flexibility index (Phi) is 7.98. The van der Waals surface area contributed by atoms with Gasteiger partial charge in [-0.05, 0) is 31.1 Å². The minimum absolute atomic E-state index is 0.0673. The number of aromatic nitrogens is 1. The zero-order valence-electron chi connectivity index (χ0n) is 20.8. The summed E-state index contributed by atoms with van der Waals surface area (Å²) in [5.74, 6) is -0.0491. The number of benzene rings is 1. The first-order chi connectivity index (χ1) is 16.1. The van der Waals surface area contributed by atoms with E-state index in [9.17, 15) is 9.59 Å². The number of esters is 1. The van der Waals surface area contributed by atoms with Gasteiger partial charge >= 0.3 is 5.97 Å². The first-order valence-corrected chi connectivity index (χ1v) is 11.5. The fraction of sp³-hybridized carbons (Fsp3) is 0.444. The monoisotopic (exact) mass is 460 g/mol. The molecule has 1 heterocycles. The second-order valence-corrected chi connectivity index (χ2v) is 9.69. The lowest BCUT2D eigenvalue weighted by Gasteiger charge is -2.29. The number of allylic oxidation sites excluding steroid dienone is 1. The third kappa shape index (κ3) is 5.76. The van der Waals surface area contributed by atoms with E-state index in [1.165, 1.54) is 6.92 Å². The first kappa shape index (κ1) is 25.7. The van der Waals surface area contributed by atoms with Crippen LogP contribution in [0.15, 0.2) is 41.5 Å². The summed E-state index contributed by atoms with van der Waals surface area (Å²) in [5.41, 5.74) is 4.14. The number of fused-ring (bicyclic) bond motifs is 1. The van der Waals surface area contributed by atoms with Gasteiger partial charge in [0.1, 0.15) is 13.6 Å². The van der Waals surface area contributed by atoms with Gasteiger partial charge in [-0.25, -0.2) is 0 Å². The van der Waals surface area contributed by atoms with E-state index in [1.807, 2.05) is 31.2 Å². The van der Waals surface area contributed by atoms with Crippen LogP contribution in [0.2, 0.25) is 0 Å². The van der Waals surface area contributed by atoms with Gasteiger partial charge in [0.15, 0.2) is 0 Å². The molecule has 0 N–H and O–H groups in total. The molecule has 2 aromatic rings. The van der Waals surface area contributed by atoms with Gasteiger partial charge in [0, 0.05) is 61.1 Å². The number of ether oxygens (including phenoxy) is 2. The van der Waals surface area contributed by atoms with Crippen LogP contribution in [0.25, 0.3) is 17.0 Å². The molecule has 0 aliphatic heterocycles. The van der Waals surface area contributed by atoms with Crippen LogP contribution in [0.1, 0.15) is 57.8 Å². The van der Waals surface area contributed by atoms with E-state index >= 15 is 0 Å². The van der Waals surface area contributed by atoms with Crippen molar-refractivity contribution in [2.45, 2.75) is 59.1 Å². The highest BCUT2D eigenvalue weighted by molar-refractivity contribution is 6.33. The predicted octanol–water partition coefficient (Wildman–Crippen LogP) is 4.10. The summed E-state index contributed by atoms with van der Waals surface area (Å²) >= 11 is 0. The van der Waals surface area contributed by atoms with Gasteiger partial charge in [0.05, 0.1) is 18.4 Å². The maximum absolute atomic E-state index is 11.9. The molecule has 1 atom stereocenters. The molecule has 1 aromatic heterocycles. The Morgan fingerprint density at radius 3 is 2.68 bits per heavy atom. The van der Waals surface area contributed by atoms with Gasteiger partial charge in [-0.2, -0.15) is 0 Å². The number of carbonyl (C=O) groups excluding carboxylic acids is 2. The van der Waals surface area contributed by atoms with E-state index in [2.05, 4.69) is 30.0 Å². The Morgan fingerprint density at radius 1 is 1.38 bits per heavy atom. The molecule has 1 fully saturated rings. The number of hydrogen-bond donors (Lipinski definition) is 0. The van der Waals surface area contributed by atoms with Crippen molar-refractivity contribution >= 4 is 48.3 Å². The zero-order chi connectivity index (χ0) is 25.0. The molecule has 7 heteroatoms. The second kappa shape index (κ2) is 10.6. The summed E-state index contributed by atoms with van der Waals surface area (Å²) in [5, 5.41) is 1.03. The van der Waals surface area contributed by atoms with Gasteiger partial charge in [0.2, 0.25) is 0 Å². The van der Waals surface area contributed by atoms with E-state index < -0.39 is 0 Å². The molecule has 3 rings (SSSR count). The maximum atomic E-state index is 11.9. The highest BCUT2D eigenvalue weighted by Crippen LogP contribution is 2.40. The molecule has 34 heavy (non-hydrogen) atoms. The molecule has 6 nitrogen and oxygen atoms in total. The number of nitrogens with zero attached hydrogens (tertiary/aromatic N) is 2. The SMILES string of the molecule is [B]c1ccc2c(c1)c(CC(C)(C)COC(C)=O)c(/C=C(/N=CC=C)C(C)OC)n2C1CC(=O)C1. The van der Waals surface area contributed by atoms with E-state index in [4.69, 9.17) is 17.3 Å². The summed E-state index contributed by atoms with van der Waals surface area (Å²) in [6.07, 6.45) is 6.68. The summed E-state index contributed by atoms with van der Waals surface area (Å²) in [4.78, 5) is 28.0. The van der Waals surface area contributed by atoms with Crippen molar-refractivity contribution < 1.29 is 19.1 Å². The quantitative estimate of drug-likeness (QED) is 0.304. The van der Waals surface area contributed by atoms with Gasteiger partial charge in [-0.15, -0.1) is 0 Å². The Labute approximate surface area is 203 Å². The molecular formula is C27H33BN2O4. The lowest BCUT2D eigenvalue weighted by molar-refractivity contribution is -0.144. The molecule has 0 bridgehead atoms. The topological polar surface area (TPSA) is 69.9 Å². The number of aliphatic imine (C=N–C) groups is 1. The van der Waals surface area contributed by atoms with Crippen molar-refractivity contribution in [3.05, 3.63) is 47.8 Å². The number of ketones is 1. The smallest absolute Gasteiger partial charge is 0.302 e. The number of hydrogen-bond acceptors (Lipinski definition) is 5. The number of carbonyl (C=O) groups is 2. The summed E-state index contributed by atoms with van der Waals surface area (Å²) in [6, 6.07) is 5.94. The third-order valence-corrected chi connectivity index (χ3v) is 6.17. The Hall–Kier alpha value is -2.93. The minimum Gasteiger partial charge on any atom is -0.465 e. The van der Waals surface area contributed by atoms with Crippen LogP contribution >= 0.6 is 0 Å². The van der Waals surface area contributed by atoms with Gasteiger partial charge in [0.25, 0.3) is 0 Å². The standard InChI is InChI=1S/C27H33BN2O4/c1-7-10-29-24(17(2)33-6)14-26-23(15-27(4,5)16-34-18(3)31)22-11-19(28)8-9-25(22)30(26)20-12-21(32)13-20/h7-11,14,17,20H,1,12-13,15-16H2,2-6H3/b24-14+,29-10?. The average Bonchev–Trinajstić information content (AvgIpc) is 3.03. The third-order valence-electron chi connectivity index (χ3n) is 6.17. The second-order valence-electron chi connectivity index (χ2n) is 9.69. The van der Waals surface area contributed by atoms with Crippen LogP contribution in [0.4, 0.5) is 0 Å². The molecule has 0 spiro atoms. The molecule has 1 aliphatic rings. The Balaban J connectivity index is 2.27. The molecule has 1 aromatic carbocycles.